The van der Waals surface area contributed by atoms with Crippen LogP contribution in [0.4, 0.5) is 0 Å². The van der Waals surface area contributed by atoms with E-state index >= 15 is 0 Å². The van der Waals surface area contributed by atoms with Crippen molar-refractivity contribution in [2.24, 2.45) is 5.41 Å². The van der Waals surface area contributed by atoms with Gasteiger partial charge in [0.25, 0.3) is 5.91 Å². The van der Waals surface area contributed by atoms with Crippen molar-refractivity contribution in [1.82, 2.24) is 5.32 Å². The summed E-state index contributed by atoms with van der Waals surface area (Å²) in [4.78, 5) is 12.2. The highest BCUT2D eigenvalue weighted by Crippen LogP contribution is 2.29. The van der Waals surface area contributed by atoms with Gasteiger partial charge in [0.1, 0.15) is 0 Å². The molecule has 0 spiro atoms. The molecule has 20 heavy (non-hydrogen) atoms. The third-order valence-electron chi connectivity index (χ3n) is 3.07. The Morgan fingerprint density at radius 3 is 2.40 bits per heavy atom. The topological polar surface area (TPSA) is 42.2 Å². The third-order valence-corrected chi connectivity index (χ3v) is 3.07. The van der Waals surface area contributed by atoms with Crippen molar-refractivity contribution in [2.45, 2.75) is 33.2 Å². The van der Waals surface area contributed by atoms with Gasteiger partial charge in [-0.25, -0.2) is 0 Å². The predicted octanol–water partition coefficient (Wildman–Crippen LogP) is 4.19. The lowest BCUT2D eigenvalue weighted by atomic mass is 9.85. The molecule has 1 heterocycles. The summed E-state index contributed by atoms with van der Waals surface area (Å²) in [5.41, 5.74) is 1.24. The minimum absolute atomic E-state index is 0.0196. The van der Waals surface area contributed by atoms with E-state index in [0.29, 0.717) is 5.76 Å². The van der Waals surface area contributed by atoms with E-state index in [1.165, 1.54) is 6.26 Å². The van der Waals surface area contributed by atoms with Crippen LogP contribution in [0.2, 0.25) is 0 Å². The highest BCUT2D eigenvalue weighted by Gasteiger charge is 2.23. The summed E-state index contributed by atoms with van der Waals surface area (Å²) in [6.45, 7) is 6.51. The molecular weight excluding hydrogens is 250 g/mol. The number of carbonyl (C=O) groups is 1. The molecule has 0 saturated carbocycles. The van der Waals surface area contributed by atoms with Crippen LogP contribution in [0.15, 0.2) is 53.1 Å². The molecule has 2 rings (SSSR count). The number of hydrogen-bond donors (Lipinski definition) is 1. The van der Waals surface area contributed by atoms with Crippen molar-refractivity contribution in [2.75, 3.05) is 0 Å². The zero-order valence-corrected chi connectivity index (χ0v) is 12.2. The lowest BCUT2D eigenvalue weighted by Gasteiger charge is -2.27. The Morgan fingerprint density at radius 2 is 1.85 bits per heavy atom. The number of amides is 1. The van der Waals surface area contributed by atoms with Gasteiger partial charge in [-0.2, -0.15) is 0 Å². The van der Waals surface area contributed by atoms with Crippen LogP contribution in [0.3, 0.4) is 0 Å². The summed E-state index contributed by atoms with van der Waals surface area (Å²) in [7, 11) is 0. The van der Waals surface area contributed by atoms with Gasteiger partial charge in [0.2, 0.25) is 0 Å². The fraction of sp³-hybridized carbons (Fsp3) is 0.353. The first kappa shape index (κ1) is 14.4. The average molecular weight is 271 g/mol. The SMILES string of the molecule is CC(C)(C)CC(NC(=O)c1ccco1)c1ccccc1. The van der Waals surface area contributed by atoms with E-state index < -0.39 is 0 Å². The second kappa shape index (κ2) is 5.95. The maximum Gasteiger partial charge on any atom is 0.287 e. The Hall–Kier alpha value is -2.03. The largest absolute Gasteiger partial charge is 0.459 e. The molecule has 1 aromatic carbocycles. The van der Waals surface area contributed by atoms with E-state index in [2.05, 4.69) is 26.1 Å². The average Bonchev–Trinajstić information content (AvgIpc) is 2.91. The van der Waals surface area contributed by atoms with E-state index in [-0.39, 0.29) is 17.4 Å². The number of hydrogen-bond acceptors (Lipinski definition) is 2. The van der Waals surface area contributed by atoms with Crippen LogP contribution >= 0.6 is 0 Å². The number of furan rings is 1. The van der Waals surface area contributed by atoms with Crippen molar-refractivity contribution in [3.8, 4) is 0 Å². The number of benzene rings is 1. The molecule has 106 valence electrons. The molecule has 1 unspecified atom stereocenters. The normalized spacial score (nSPS) is 12.9. The highest BCUT2D eigenvalue weighted by molar-refractivity contribution is 5.91. The minimum atomic E-state index is -0.173. The first-order chi connectivity index (χ1) is 9.46. The fourth-order valence-corrected chi connectivity index (χ4v) is 2.19. The van der Waals surface area contributed by atoms with Gasteiger partial charge in [-0.1, -0.05) is 51.1 Å². The van der Waals surface area contributed by atoms with Crippen molar-refractivity contribution >= 4 is 5.91 Å². The molecule has 0 aliphatic heterocycles. The molecule has 2 aromatic rings. The van der Waals surface area contributed by atoms with Gasteiger partial charge in [-0.15, -0.1) is 0 Å². The Bertz CT molecular complexity index is 538. The number of nitrogens with one attached hydrogen (secondary N) is 1. The zero-order chi connectivity index (χ0) is 14.6. The molecule has 3 nitrogen and oxygen atoms in total. The summed E-state index contributed by atoms with van der Waals surface area (Å²) in [5.74, 6) is 0.174. The third kappa shape index (κ3) is 3.98. The van der Waals surface area contributed by atoms with E-state index in [1.54, 1.807) is 12.1 Å². The highest BCUT2D eigenvalue weighted by atomic mass is 16.3. The summed E-state index contributed by atoms with van der Waals surface area (Å²) in [5, 5.41) is 3.06. The quantitative estimate of drug-likeness (QED) is 0.906. The molecule has 0 bridgehead atoms. The minimum Gasteiger partial charge on any atom is -0.459 e. The second-order valence-electron chi connectivity index (χ2n) is 6.18. The van der Waals surface area contributed by atoms with Gasteiger partial charge in [-0.3, -0.25) is 4.79 Å². The zero-order valence-electron chi connectivity index (χ0n) is 12.2. The summed E-state index contributed by atoms with van der Waals surface area (Å²) >= 11 is 0. The van der Waals surface area contributed by atoms with Crippen LogP contribution in [0.25, 0.3) is 0 Å². The van der Waals surface area contributed by atoms with Crippen LogP contribution in [0.1, 0.15) is 49.4 Å². The van der Waals surface area contributed by atoms with Crippen LogP contribution < -0.4 is 5.32 Å². The smallest absolute Gasteiger partial charge is 0.287 e. The van der Waals surface area contributed by atoms with Gasteiger partial charge in [0.15, 0.2) is 5.76 Å². The number of carbonyl (C=O) groups excluding carboxylic acids is 1. The Morgan fingerprint density at radius 1 is 1.15 bits per heavy atom. The van der Waals surface area contributed by atoms with Gasteiger partial charge in [0.05, 0.1) is 12.3 Å². The number of rotatable bonds is 4. The Labute approximate surface area is 120 Å². The maximum absolute atomic E-state index is 12.2. The molecule has 0 aliphatic rings. The molecule has 1 N–H and O–H groups in total. The van der Waals surface area contributed by atoms with E-state index in [4.69, 9.17) is 4.42 Å². The van der Waals surface area contributed by atoms with Crippen LogP contribution in [-0.4, -0.2) is 5.91 Å². The molecule has 1 atom stereocenters. The summed E-state index contributed by atoms with van der Waals surface area (Å²) in [6, 6.07) is 13.4. The van der Waals surface area contributed by atoms with Gasteiger partial charge in [-0.05, 0) is 29.5 Å². The molecule has 1 amide bonds. The first-order valence-electron chi connectivity index (χ1n) is 6.85. The molecule has 0 radical (unpaired) electrons. The summed E-state index contributed by atoms with van der Waals surface area (Å²) < 4.78 is 5.15. The van der Waals surface area contributed by atoms with E-state index in [0.717, 1.165) is 12.0 Å². The van der Waals surface area contributed by atoms with Gasteiger partial charge in [0, 0.05) is 0 Å². The van der Waals surface area contributed by atoms with Gasteiger partial charge >= 0.3 is 0 Å². The van der Waals surface area contributed by atoms with Crippen molar-refractivity contribution in [3.05, 3.63) is 60.1 Å². The fourth-order valence-electron chi connectivity index (χ4n) is 2.19. The van der Waals surface area contributed by atoms with E-state index in [9.17, 15) is 4.79 Å². The molecule has 0 saturated heterocycles. The lowest BCUT2D eigenvalue weighted by molar-refractivity contribution is 0.0898. The second-order valence-corrected chi connectivity index (χ2v) is 6.18. The monoisotopic (exact) mass is 271 g/mol. The maximum atomic E-state index is 12.2. The van der Waals surface area contributed by atoms with Gasteiger partial charge < -0.3 is 9.73 Å². The lowest BCUT2D eigenvalue weighted by Crippen LogP contribution is -2.31. The first-order valence-corrected chi connectivity index (χ1v) is 6.85. The standard InChI is InChI=1S/C17H21NO2/c1-17(2,3)12-14(13-8-5-4-6-9-13)18-16(19)15-10-7-11-20-15/h4-11,14H,12H2,1-3H3,(H,18,19). The van der Waals surface area contributed by atoms with Crippen molar-refractivity contribution in [1.29, 1.82) is 0 Å². The molecule has 3 heteroatoms. The van der Waals surface area contributed by atoms with Crippen LogP contribution in [-0.2, 0) is 0 Å². The van der Waals surface area contributed by atoms with Crippen LogP contribution in [0, 0.1) is 5.41 Å². The Balaban J connectivity index is 2.17. The van der Waals surface area contributed by atoms with E-state index in [1.807, 2.05) is 30.3 Å². The van der Waals surface area contributed by atoms with Crippen molar-refractivity contribution in [3.63, 3.8) is 0 Å². The molecular formula is C17H21NO2. The van der Waals surface area contributed by atoms with Crippen molar-refractivity contribution < 1.29 is 9.21 Å². The Kier molecular flexibility index (Phi) is 4.28. The summed E-state index contributed by atoms with van der Waals surface area (Å²) in [6.07, 6.45) is 2.37. The molecule has 0 fully saturated rings. The molecule has 1 aromatic heterocycles. The van der Waals surface area contributed by atoms with Crippen LogP contribution in [0.5, 0.6) is 0 Å². The molecule has 0 aliphatic carbocycles. The predicted molar refractivity (Wildman–Crippen MR) is 79.4 cm³/mol.